The number of benzene rings is 1. The first-order valence-electron chi connectivity index (χ1n) is 7.13. The minimum atomic E-state index is 0.559. The number of thiazole rings is 1. The molecule has 102 valence electrons. The number of nitrogens with zero attached hydrogens (tertiary/aromatic N) is 2. The Bertz CT molecular complexity index is 588. The van der Waals surface area contributed by atoms with E-state index in [2.05, 4.69) is 48.1 Å². The van der Waals surface area contributed by atoms with Gasteiger partial charge in [-0.15, -0.1) is 0 Å². The molecule has 1 aliphatic rings. The van der Waals surface area contributed by atoms with Crippen molar-refractivity contribution in [2.45, 2.75) is 39.7 Å². The maximum absolute atomic E-state index is 4.69. The van der Waals surface area contributed by atoms with E-state index in [-0.39, 0.29) is 0 Å². The van der Waals surface area contributed by atoms with Crippen LogP contribution in [0.4, 0.5) is 10.8 Å². The molecule has 2 aromatic rings. The summed E-state index contributed by atoms with van der Waals surface area (Å²) < 4.78 is 1.31. The zero-order valence-electron chi connectivity index (χ0n) is 11.9. The van der Waals surface area contributed by atoms with Crippen LogP contribution in [0, 0.1) is 0 Å². The summed E-state index contributed by atoms with van der Waals surface area (Å²) in [4.78, 5) is 7.19. The molecule has 3 nitrogen and oxygen atoms in total. The van der Waals surface area contributed by atoms with Crippen molar-refractivity contribution in [2.75, 3.05) is 23.3 Å². The molecule has 1 N–H and O–H groups in total. The highest BCUT2D eigenvalue weighted by Gasteiger charge is 2.20. The number of rotatable bonds is 3. The Morgan fingerprint density at radius 2 is 2.26 bits per heavy atom. The van der Waals surface area contributed by atoms with Crippen molar-refractivity contribution >= 4 is 32.4 Å². The van der Waals surface area contributed by atoms with E-state index in [4.69, 9.17) is 0 Å². The van der Waals surface area contributed by atoms with Gasteiger partial charge in [-0.3, -0.25) is 0 Å². The van der Waals surface area contributed by atoms with Gasteiger partial charge < -0.3 is 10.2 Å². The maximum Gasteiger partial charge on any atom is 0.183 e. The van der Waals surface area contributed by atoms with Gasteiger partial charge in [0, 0.05) is 24.8 Å². The predicted molar refractivity (Wildman–Crippen MR) is 84.6 cm³/mol. The van der Waals surface area contributed by atoms with Gasteiger partial charge in [-0.05, 0) is 51.3 Å². The van der Waals surface area contributed by atoms with Crippen LogP contribution < -0.4 is 10.2 Å². The molecular weight excluding hydrogens is 254 g/mol. The number of nitrogens with one attached hydrogen (secondary N) is 1. The number of aryl methyl sites for hydroxylation is 1. The Hall–Kier alpha value is -1.29. The molecule has 1 aromatic carbocycles. The third-order valence-electron chi connectivity index (χ3n) is 3.69. The standard InChI is InChI=1S/C15H21N3S/c1-4-16-15-17-12-9-13-11(8-14(12)19-15)6-5-7-18(13)10(2)3/h8-10H,4-7H2,1-3H3,(H,16,17). The monoisotopic (exact) mass is 275 g/mol. The molecule has 0 bridgehead atoms. The summed E-state index contributed by atoms with van der Waals surface area (Å²) in [6.07, 6.45) is 2.46. The van der Waals surface area contributed by atoms with Gasteiger partial charge in [0.25, 0.3) is 0 Å². The third kappa shape index (κ3) is 2.29. The fraction of sp³-hybridized carbons (Fsp3) is 0.533. The van der Waals surface area contributed by atoms with E-state index in [0.29, 0.717) is 6.04 Å². The number of anilines is 2. The zero-order chi connectivity index (χ0) is 13.4. The SMILES string of the molecule is CCNc1nc2cc3c(cc2s1)CCCN3C(C)C. The molecule has 1 aliphatic heterocycles. The van der Waals surface area contributed by atoms with Gasteiger partial charge in [0.1, 0.15) is 0 Å². The molecule has 3 rings (SSSR count). The molecule has 0 atom stereocenters. The fourth-order valence-electron chi connectivity index (χ4n) is 2.80. The van der Waals surface area contributed by atoms with Gasteiger partial charge in [-0.25, -0.2) is 4.98 Å². The summed E-state index contributed by atoms with van der Waals surface area (Å²) in [5.74, 6) is 0. The number of hydrogen-bond acceptors (Lipinski definition) is 4. The second-order valence-corrected chi connectivity index (χ2v) is 6.42. The Morgan fingerprint density at radius 1 is 1.42 bits per heavy atom. The topological polar surface area (TPSA) is 28.2 Å². The van der Waals surface area contributed by atoms with Crippen LogP contribution in [0.5, 0.6) is 0 Å². The van der Waals surface area contributed by atoms with Gasteiger partial charge >= 0.3 is 0 Å². The molecule has 0 saturated heterocycles. The average Bonchev–Trinajstić information content (AvgIpc) is 2.76. The van der Waals surface area contributed by atoms with Crippen LogP contribution in [0.1, 0.15) is 32.8 Å². The molecule has 4 heteroatoms. The van der Waals surface area contributed by atoms with Crippen molar-refractivity contribution in [3.8, 4) is 0 Å². The maximum atomic E-state index is 4.69. The summed E-state index contributed by atoms with van der Waals surface area (Å²) in [7, 11) is 0. The van der Waals surface area contributed by atoms with Crippen molar-refractivity contribution in [3.63, 3.8) is 0 Å². The Morgan fingerprint density at radius 3 is 3.00 bits per heavy atom. The first-order valence-corrected chi connectivity index (χ1v) is 7.94. The van der Waals surface area contributed by atoms with Gasteiger partial charge in [0.2, 0.25) is 0 Å². The van der Waals surface area contributed by atoms with Crippen molar-refractivity contribution in [2.24, 2.45) is 0 Å². The van der Waals surface area contributed by atoms with E-state index >= 15 is 0 Å². The van der Waals surface area contributed by atoms with Crippen LogP contribution in [0.3, 0.4) is 0 Å². The smallest absolute Gasteiger partial charge is 0.183 e. The lowest BCUT2D eigenvalue weighted by Crippen LogP contribution is -2.35. The molecule has 0 saturated carbocycles. The Balaban J connectivity index is 2.08. The van der Waals surface area contributed by atoms with Gasteiger partial charge in [-0.1, -0.05) is 11.3 Å². The molecule has 0 fully saturated rings. The summed E-state index contributed by atoms with van der Waals surface area (Å²) in [5.41, 5.74) is 4.01. The second-order valence-electron chi connectivity index (χ2n) is 5.39. The molecule has 0 unspecified atom stereocenters. The summed E-state index contributed by atoms with van der Waals surface area (Å²) >= 11 is 1.76. The minimum absolute atomic E-state index is 0.559. The van der Waals surface area contributed by atoms with Crippen LogP contribution in [-0.4, -0.2) is 24.1 Å². The summed E-state index contributed by atoms with van der Waals surface area (Å²) in [6, 6.07) is 5.18. The van der Waals surface area contributed by atoms with Crippen molar-refractivity contribution < 1.29 is 0 Å². The van der Waals surface area contributed by atoms with Gasteiger partial charge in [0.05, 0.1) is 10.2 Å². The minimum Gasteiger partial charge on any atom is -0.369 e. The van der Waals surface area contributed by atoms with Crippen molar-refractivity contribution in [1.29, 1.82) is 0 Å². The molecular formula is C15H21N3S. The average molecular weight is 275 g/mol. The molecule has 0 amide bonds. The van der Waals surface area contributed by atoms with E-state index in [1.54, 1.807) is 11.3 Å². The van der Waals surface area contributed by atoms with E-state index in [9.17, 15) is 0 Å². The van der Waals surface area contributed by atoms with E-state index in [1.165, 1.54) is 35.3 Å². The molecule has 1 aromatic heterocycles. The van der Waals surface area contributed by atoms with Crippen LogP contribution in [0.25, 0.3) is 10.2 Å². The molecule has 0 aliphatic carbocycles. The number of hydrogen-bond donors (Lipinski definition) is 1. The number of fused-ring (bicyclic) bond motifs is 2. The van der Waals surface area contributed by atoms with Crippen LogP contribution in [0.2, 0.25) is 0 Å². The van der Waals surface area contributed by atoms with Gasteiger partial charge in [0.15, 0.2) is 5.13 Å². The predicted octanol–water partition coefficient (Wildman–Crippen LogP) is 3.89. The fourth-order valence-corrected chi connectivity index (χ4v) is 3.78. The lowest BCUT2D eigenvalue weighted by molar-refractivity contribution is 0.626. The van der Waals surface area contributed by atoms with E-state index < -0.39 is 0 Å². The van der Waals surface area contributed by atoms with E-state index in [0.717, 1.165) is 17.2 Å². The second kappa shape index (κ2) is 5.00. The molecule has 0 radical (unpaired) electrons. The lowest BCUT2D eigenvalue weighted by atomic mass is 10.00. The summed E-state index contributed by atoms with van der Waals surface area (Å²) in [6.45, 7) is 8.74. The Labute approximate surface area is 118 Å². The van der Waals surface area contributed by atoms with Gasteiger partial charge in [-0.2, -0.15) is 0 Å². The quantitative estimate of drug-likeness (QED) is 0.921. The first kappa shape index (κ1) is 12.7. The highest BCUT2D eigenvalue weighted by Crippen LogP contribution is 2.35. The zero-order valence-corrected chi connectivity index (χ0v) is 12.7. The molecule has 2 heterocycles. The van der Waals surface area contributed by atoms with Crippen LogP contribution in [0.15, 0.2) is 12.1 Å². The molecule has 19 heavy (non-hydrogen) atoms. The van der Waals surface area contributed by atoms with Crippen molar-refractivity contribution in [1.82, 2.24) is 4.98 Å². The normalized spacial score (nSPS) is 15.1. The number of aromatic nitrogens is 1. The van der Waals surface area contributed by atoms with E-state index in [1.807, 2.05) is 0 Å². The largest absolute Gasteiger partial charge is 0.369 e. The highest BCUT2D eigenvalue weighted by molar-refractivity contribution is 7.22. The lowest BCUT2D eigenvalue weighted by Gasteiger charge is -2.34. The Kier molecular flexibility index (Phi) is 3.35. The first-order chi connectivity index (χ1) is 9.19. The third-order valence-corrected chi connectivity index (χ3v) is 4.67. The van der Waals surface area contributed by atoms with Crippen LogP contribution >= 0.6 is 11.3 Å². The summed E-state index contributed by atoms with van der Waals surface area (Å²) in [5, 5.41) is 4.35. The van der Waals surface area contributed by atoms with Crippen LogP contribution in [-0.2, 0) is 6.42 Å². The van der Waals surface area contributed by atoms with Crippen molar-refractivity contribution in [3.05, 3.63) is 17.7 Å². The highest BCUT2D eigenvalue weighted by atomic mass is 32.1. The molecule has 0 spiro atoms.